The summed E-state index contributed by atoms with van der Waals surface area (Å²) in [7, 11) is 1.84. The molecular formula is C15H17ClFN3. The minimum atomic E-state index is -0.192. The highest BCUT2D eigenvalue weighted by Gasteiger charge is 2.40. The fraction of sp³-hybridized carbons (Fsp3) is 0.400. The zero-order valence-electron chi connectivity index (χ0n) is 11.6. The van der Waals surface area contributed by atoms with E-state index in [1.165, 1.54) is 6.07 Å². The Balaban J connectivity index is 1.98. The number of rotatable bonds is 3. The highest BCUT2D eigenvalue weighted by molar-refractivity contribution is 6.30. The summed E-state index contributed by atoms with van der Waals surface area (Å²) in [6, 6.07) is 6.86. The molecule has 1 aliphatic heterocycles. The molecule has 1 N–H and O–H groups in total. The summed E-state index contributed by atoms with van der Waals surface area (Å²) < 4.78 is 15.2. The Morgan fingerprint density at radius 2 is 2.20 bits per heavy atom. The van der Waals surface area contributed by atoms with Crippen molar-refractivity contribution in [2.75, 3.05) is 13.1 Å². The zero-order valence-corrected chi connectivity index (χ0v) is 12.3. The lowest BCUT2D eigenvalue weighted by Gasteiger charge is -2.43. The second-order valence-electron chi connectivity index (χ2n) is 5.55. The third-order valence-corrected chi connectivity index (χ3v) is 4.62. The van der Waals surface area contributed by atoms with Crippen molar-refractivity contribution in [3.63, 3.8) is 0 Å². The smallest absolute Gasteiger partial charge is 0.130 e. The third-order valence-electron chi connectivity index (χ3n) is 4.15. The average Bonchev–Trinajstić information content (AvgIpc) is 2.59. The van der Waals surface area contributed by atoms with E-state index in [9.17, 15) is 4.39 Å². The van der Waals surface area contributed by atoms with E-state index in [0.717, 1.165) is 36.3 Å². The van der Waals surface area contributed by atoms with Crippen molar-refractivity contribution in [2.24, 2.45) is 7.05 Å². The van der Waals surface area contributed by atoms with Gasteiger partial charge in [0.2, 0.25) is 0 Å². The molecule has 1 aromatic heterocycles. The molecule has 2 aromatic rings. The number of nitrogens with one attached hydrogen (secondary N) is 1. The summed E-state index contributed by atoms with van der Waals surface area (Å²) in [5.74, 6) is -0.192. The molecular weight excluding hydrogens is 277 g/mol. The Morgan fingerprint density at radius 3 is 2.70 bits per heavy atom. The van der Waals surface area contributed by atoms with Crippen LogP contribution in [0.2, 0.25) is 5.15 Å². The Morgan fingerprint density at radius 1 is 1.45 bits per heavy atom. The Labute approximate surface area is 122 Å². The third kappa shape index (κ3) is 2.13. The fourth-order valence-electron chi connectivity index (χ4n) is 2.89. The first-order valence-corrected chi connectivity index (χ1v) is 7.04. The second-order valence-corrected chi connectivity index (χ2v) is 5.91. The number of nitrogens with zero attached hydrogens (tertiary/aromatic N) is 2. The number of aryl methyl sites for hydroxylation is 2. The Kier molecular flexibility index (Phi) is 3.30. The minimum Gasteiger partial charge on any atom is -0.315 e. The first-order chi connectivity index (χ1) is 9.52. The van der Waals surface area contributed by atoms with Gasteiger partial charge in [-0.2, -0.15) is 5.10 Å². The van der Waals surface area contributed by atoms with Crippen molar-refractivity contribution in [3.8, 4) is 0 Å². The van der Waals surface area contributed by atoms with E-state index in [1.807, 2.05) is 20.0 Å². The molecule has 0 radical (unpaired) electrons. The van der Waals surface area contributed by atoms with E-state index in [2.05, 4.69) is 10.4 Å². The number of hydrogen-bond donors (Lipinski definition) is 1. The van der Waals surface area contributed by atoms with Crippen LogP contribution in [0, 0.1) is 12.7 Å². The van der Waals surface area contributed by atoms with Crippen LogP contribution in [-0.4, -0.2) is 22.9 Å². The Bertz CT molecular complexity index is 647. The van der Waals surface area contributed by atoms with Gasteiger partial charge in [0.1, 0.15) is 11.0 Å². The molecule has 0 aliphatic carbocycles. The molecule has 3 nitrogen and oxygen atoms in total. The van der Waals surface area contributed by atoms with Gasteiger partial charge >= 0.3 is 0 Å². The summed E-state index contributed by atoms with van der Waals surface area (Å²) in [6.07, 6.45) is 0.780. The molecule has 0 spiro atoms. The first kappa shape index (κ1) is 13.6. The van der Waals surface area contributed by atoms with Crippen molar-refractivity contribution in [3.05, 3.63) is 52.1 Å². The molecule has 2 heterocycles. The molecule has 5 heteroatoms. The SMILES string of the molecule is Cc1nn(C)c(Cl)c1CC1(c2cccc(F)c2)CNC1. The quantitative estimate of drug-likeness (QED) is 0.943. The molecule has 0 saturated carbocycles. The highest BCUT2D eigenvalue weighted by atomic mass is 35.5. The van der Waals surface area contributed by atoms with Gasteiger partial charge in [-0.1, -0.05) is 23.7 Å². The molecule has 0 bridgehead atoms. The van der Waals surface area contributed by atoms with Crippen LogP contribution in [-0.2, 0) is 18.9 Å². The maximum atomic E-state index is 13.5. The van der Waals surface area contributed by atoms with Gasteiger partial charge in [0.25, 0.3) is 0 Å². The monoisotopic (exact) mass is 293 g/mol. The average molecular weight is 294 g/mol. The molecule has 106 valence electrons. The van der Waals surface area contributed by atoms with E-state index in [0.29, 0.717) is 5.15 Å². The van der Waals surface area contributed by atoms with Gasteiger partial charge in [-0.3, -0.25) is 4.68 Å². The predicted molar refractivity (Wildman–Crippen MR) is 77.6 cm³/mol. The van der Waals surface area contributed by atoms with Crippen LogP contribution in [0.3, 0.4) is 0 Å². The maximum Gasteiger partial charge on any atom is 0.130 e. The lowest BCUT2D eigenvalue weighted by atomic mass is 9.71. The van der Waals surface area contributed by atoms with Gasteiger partial charge < -0.3 is 5.32 Å². The lowest BCUT2D eigenvalue weighted by Crippen LogP contribution is -2.58. The van der Waals surface area contributed by atoms with Crippen molar-refractivity contribution in [1.82, 2.24) is 15.1 Å². The summed E-state index contributed by atoms with van der Waals surface area (Å²) in [5, 5.41) is 8.32. The normalized spacial score (nSPS) is 17.0. The first-order valence-electron chi connectivity index (χ1n) is 6.67. The molecule has 20 heavy (non-hydrogen) atoms. The molecule has 0 unspecified atom stereocenters. The summed E-state index contributed by atoms with van der Waals surface area (Å²) >= 11 is 6.33. The lowest BCUT2D eigenvalue weighted by molar-refractivity contribution is 0.273. The van der Waals surface area contributed by atoms with Crippen molar-refractivity contribution in [1.29, 1.82) is 0 Å². The van der Waals surface area contributed by atoms with Crippen molar-refractivity contribution >= 4 is 11.6 Å². The van der Waals surface area contributed by atoms with Crippen molar-refractivity contribution < 1.29 is 4.39 Å². The van der Waals surface area contributed by atoms with E-state index in [1.54, 1.807) is 16.8 Å². The van der Waals surface area contributed by atoms with Crippen LogP contribution in [0.4, 0.5) is 4.39 Å². The van der Waals surface area contributed by atoms with Crippen LogP contribution in [0.25, 0.3) is 0 Å². The van der Waals surface area contributed by atoms with Gasteiger partial charge in [-0.25, -0.2) is 4.39 Å². The van der Waals surface area contributed by atoms with E-state index >= 15 is 0 Å². The van der Waals surface area contributed by atoms with E-state index in [-0.39, 0.29) is 11.2 Å². The van der Waals surface area contributed by atoms with Gasteiger partial charge in [0.05, 0.1) is 5.69 Å². The second kappa shape index (κ2) is 4.86. The van der Waals surface area contributed by atoms with Crippen LogP contribution < -0.4 is 5.32 Å². The summed E-state index contributed by atoms with van der Waals surface area (Å²) in [4.78, 5) is 0. The summed E-state index contributed by atoms with van der Waals surface area (Å²) in [6.45, 7) is 3.63. The number of halogens is 2. The van der Waals surface area contributed by atoms with Gasteiger partial charge in [-0.15, -0.1) is 0 Å². The molecule has 0 atom stereocenters. The number of benzene rings is 1. The van der Waals surface area contributed by atoms with E-state index in [4.69, 9.17) is 11.6 Å². The Hall–Kier alpha value is -1.39. The topological polar surface area (TPSA) is 29.9 Å². The molecule has 1 saturated heterocycles. The molecule has 1 aliphatic rings. The fourth-order valence-corrected chi connectivity index (χ4v) is 3.13. The zero-order chi connectivity index (χ0) is 14.3. The number of hydrogen-bond acceptors (Lipinski definition) is 2. The highest BCUT2D eigenvalue weighted by Crippen LogP contribution is 2.35. The molecule has 1 aromatic carbocycles. The number of aromatic nitrogens is 2. The molecule has 3 rings (SSSR count). The van der Waals surface area contributed by atoms with Crippen LogP contribution >= 0.6 is 11.6 Å². The van der Waals surface area contributed by atoms with Crippen molar-refractivity contribution in [2.45, 2.75) is 18.8 Å². The van der Waals surface area contributed by atoms with Crippen LogP contribution in [0.1, 0.15) is 16.8 Å². The van der Waals surface area contributed by atoms with E-state index < -0.39 is 0 Å². The van der Waals surface area contributed by atoms with Crippen LogP contribution in [0.5, 0.6) is 0 Å². The minimum absolute atomic E-state index is 0.0838. The maximum absolute atomic E-state index is 13.5. The van der Waals surface area contributed by atoms with Crippen LogP contribution in [0.15, 0.2) is 24.3 Å². The molecule has 1 fully saturated rings. The van der Waals surface area contributed by atoms with Gasteiger partial charge in [-0.05, 0) is 31.0 Å². The van der Waals surface area contributed by atoms with Gasteiger partial charge in [0, 0.05) is 31.1 Å². The standard InChI is InChI=1S/C15H17ClFN3/c1-10-13(14(16)20(2)19-10)7-15(8-18-9-15)11-4-3-5-12(17)6-11/h3-6,18H,7-9H2,1-2H3. The van der Waals surface area contributed by atoms with Gasteiger partial charge in [0.15, 0.2) is 0 Å². The summed E-state index contributed by atoms with van der Waals surface area (Å²) in [5.41, 5.74) is 2.94. The largest absolute Gasteiger partial charge is 0.315 e. The predicted octanol–water partition coefficient (Wildman–Crippen LogP) is 2.60. The molecule has 0 amide bonds.